The molecular formula is C17H13F5N4O2. The van der Waals surface area contributed by atoms with Crippen molar-refractivity contribution in [1.82, 2.24) is 14.7 Å². The van der Waals surface area contributed by atoms with Gasteiger partial charge in [-0.25, -0.2) is 8.78 Å². The maximum Gasteiger partial charge on any atom is 0.433 e. The summed E-state index contributed by atoms with van der Waals surface area (Å²) in [6.45, 7) is -0.165. The number of carbonyl (C=O) groups excluding carboxylic acids is 2. The van der Waals surface area contributed by atoms with E-state index in [4.69, 9.17) is 0 Å². The lowest BCUT2D eigenvalue weighted by Crippen LogP contribution is -2.27. The van der Waals surface area contributed by atoms with Gasteiger partial charge in [-0.2, -0.15) is 18.3 Å². The number of amides is 2. The van der Waals surface area contributed by atoms with Gasteiger partial charge in [0.05, 0.1) is 11.4 Å². The zero-order chi connectivity index (χ0) is 20.8. The molecule has 2 aromatic rings. The van der Waals surface area contributed by atoms with Crippen LogP contribution in [-0.2, 0) is 22.8 Å². The van der Waals surface area contributed by atoms with Crippen LogP contribution in [0.5, 0.6) is 0 Å². The molecule has 6 nitrogen and oxygen atoms in total. The highest BCUT2D eigenvalue weighted by molar-refractivity contribution is 6.29. The summed E-state index contributed by atoms with van der Waals surface area (Å²) in [6.07, 6.45) is -4.68. The third-order valence-electron chi connectivity index (χ3n) is 4.16. The number of aryl methyl sites for hydroxylation is 1. The second-order valence-corrected chi connectivity index (χ2v) is 6.11. The van der Waals surface area contributed by atoms with Gasteiger partial charge < -0.3 is 10.2 Å². The first-order valence-corrected chi connectivity index (χ1v) is 7.86. The lowest BCUT2D eigenvalue weighted by Gasteiger charge is -2.09. The van der Waals surface area contributed by atoms with Crippen molar-refractivity contribution in [1.29, 1.82) is 0 Å². The number of aromatic nitrogens is 2. The smallest absolute Gasteiger partial charge is 0.337 e. The molecule has 1 aliphatic rings. The minimum Gasteiger partial charge on any atom is -0.337 e. The van der Waals surface area contributed by atoms with Crippen LogP contribution >= 0.6 is 0 Å². The molecule has 2 amide bonds. The van der Waals surface area contributed by atoms with E-state index in [1.54, 1.807) is 0 Å². The fraction of sp³-hybridized carbons (Fsp3) is 0.235. The van der Waals surface area contributed by atoms with Crippen LogP contribution in [0.4, 0.5) is 27.6 Å². The van der Waals surface area contributed by atoms with Gasteiger partial charge in [-0.1, -0.05) is 6.07 Å². The van der Waals surface area contributed by atoms with Crippen LogP contribution in [0.25, 0.3) is 5.57 Å². The summed E-state index contributed by atoms with van der Waals surface area (Å²) < 4.78 is 66.7. The molecule has 3 rings (SSSR count). The monoisotopic (exact) mass is 400 g/mol. The van der Waals surface area contributed by atoms with Crippen LogP contribution < -0.4 is 5.32 Å². The van der Waals surface area contributed by atoms with Crippen molar-refractivity contribution in [2.75, 3.05) is 18.9 Å². The minimum atomic E-state index is -4.68. The highest BCUT2D eigenvalue weighted by atomic mass is 19.4. The number of benzene rings is 1. The van der Waals surface area contributed by atoms with Crippen molar-refractivity contribution < 1.29 is 31.5 Å². The first-order chi connectivity index (χ1) is 13.0. The number of nitrogens with one attached hydrogen (secondary N) is 1. The van der Waals surface area contributed by atoms with E-state index in [2.05, 4.69) is 10.4 Å². The maximum absolute atomic E-state index is 13.8. The van der Waals surface area contributed by atoms with Gasteiger partial charge in [0.25, 0.3) is 11.8 Å². The molecule has 1 N–H and O–H groups in total. The predicted molar refractivity (Wildman–Crippen MR) is 87.8 cm³/mol. The highest BCUT2D eigenvalue weighted by Gasteiger charge is 2.39. The number of halogens is 5. The summed E-state index contributed by atoms with van der Waals surface area (Å²) in [6, 6.07) is 3.80. The second-order valence-electron chi connectivity index (χ2n) is 6.11. The van der Waals surface area contributed by atoms with Crippen molar-refractivity contribution in [2.24, 2.45) is 7.05 Å². The number of hydrogen-bond donors (Lipinski definition) is 1. The highest BCUT2D eigenvalue weighted by Crippen LogP contribution is 2.33. The summed E-state index contributed by atoms with van der Waals surface area (Å²) in [5, 5.41) is 5.82. The normalized spacial score (nSPS) is 14.8. The molecule has 1 aromatic heterocycles. The molecule has 0 unspecified atom stereocenters. The van der Waals surface area contributed by atoms with Gasteiger partial charge in [0.1, 0.15) is 11.3 Å². The molecule has 0 saturated heterocycles. The van der Waals surface area contributed by atoms with Gasteiger partial charge in [-0.05, 0) is 18.2 Å². The Hall–Kier alpha value is -3.24. The molecule has 1 aromatic carbocycles. The molecule has 0 spiro atoms. The molecule has 0 saturated carbocycles. The Morgan fingerprint density at radius 1 is 1.21 bits per heavy atom. The predicted octanol–water partition coefficient (Wildman–Crippen LogP) is 2.58. The van der Waals surface area contributed by atoms with E-state index in [0.717, 1.165) is 36.2 Å². The summed E-state index contributed by atoms with van der Waals surface area (Å²) in [4.78, 5) is 26.0. The third kappa shape index (κ3) is 3.35. The Balaban J connectivity index is 2.04. The van der Waals surface area contributed by atoms with Gasteiger partial charge >= 0.3 is 6.18 Å². The SMILES string of the molecule is CN1CC(c2cc(C(F)(F)F)n(C)n2)=C(C(=O)Nc2cccc(F)c2F)C1=O. The van der Waals surface area contributed by atoms with E-state index in [1.807, 2.05) is 0 Å². The lowest BCUT2D eigenvalue weighted by atomic mass is 10.1. The second kappa shape index (κ2) is 6.73. The van der Waals surface area contributed by atoms with E-state index in [0.29, 0.717) is 4.68 Å². The fourth-order valence-corrected chi connectivity index (χ4v) is 2.82. The summed E-state index contributed by atoms with van der Waals surface area (Å²) in [5.74, 6) is -4.38. The maximum atomic E-state index is 13.8. The summed E-state index contributed by atoms with van der Waals surface area (Å²) in [7, 11) is 2.42. The number of likely N-dealkylation sites (N-methyl/N-ethyl adjacent to an activating group) is 1. The fourth-order valence-electron chi connectivity index (χ4n) is 2.82. The average Bonchev–Trinajstić information content (AvgIpc) is 3.12. The van der Waals surface area contributed by atoms with Gasteiger partial charge in [0.15, 0.2) is 11.6 Å². The van der Waals surface area contributed by atoms with Crippen molar-refractivity contribution in [2.45, 2.75) is 6.18 Å². The Bertz CT molecular complexity index is 1010. The quantitative estimate of drug-likeness (QED) is 0.636. The van der Waals surface area contributed by atoms with Gasteiger partial charge in [0, 0.05) is 26.2 Å². The van der Waals surface area contributed by atoms with Crippen molar-refractivity contribution >= 4 is 23.1 Å². The largest absolute Gasteiger partial charge is 0.433 e. The van der Waals surface area contributed by atoms with E-state index < -0.39 is 46.6 Å². The van der Waals surface area contributed by atoms with E-state index in [1.165, 1.54) is 7.05 Å². The van der Waals surface area contributed by atoms with Crippen LogP contribution in [0.15, 0.2) is 29.8 Å². The van der Waals surface area contributed by atoms with Crippen molar-refractivity contribution in [3.05, 3.63) is 52.9 Å². The van der Waals surface area contributed by atoms with Crippen molar-refractivity contribution in [3.63, 3.8) is 0 Å². The zero-order valence-corrected chi connectivity index (χ0v) is 14.6. The number of nitrogens with zero attached hydrogens (tertiary/aromatic N) is 3. The van der Waals surface area contributed by atoms with Gasteiger partial charge in [0.2, 0.25) is 0 Å². The molecule has 0 bridgehead atoms. The number of anilines is 1. The zero-order valence-electron chi connectivity index (χ0n) is 14.6. The van der Waals surface area contributed by atoms with E-state index >= 15 is 0 Å². The van der Waals surface area contributed by atoms with Gasteiger partial charge in [-0.15, -0.1) is 0 Å². The van der Waals surface area contributed by atoms with Crippen LogP contribution in [-0.4, -0.2) is 40.1 Å². The molecular weight excluding hydrogens is 387 g/mol. The van der Waals surface area contributed by atoms with E-state index in [-0.39, 0.29) is 17.8 Å². The van der Waals surface area contributed by atoms with Crippen LogP contribution in [0.3, 0.4) is 0 Å². The molecule has 0 fully saturated rings. The Morgan fingerprint density at radius 2 is 1.89 bits per heavy atom. The first-order valence-electron chi connectivity index (χ1n) is 7.86. The molecule has 0 radical (unpaired) electrons. The molecule has 0 aliphatic carbocycles. The molecule has 148 valence electrons. The summed E-state index contributed by atoms with van der Waals surface area (Å²) >= 11 is 0. The topological polar surface area (TPSA) is 67.2 Å². The number of hydrogen-bond acceptors (Lipinski definition) is 3. The average molecular weight is 400 g/mol. The van der Waals surface area contributed by atoms with E-state index in [9.17, 15) is 31.5 Å². The Morgan fingerprint density at radius 3 is 2.50 bits per heavy atom. The third-order valence-corrected chi connectivity index (χ3v) is 4.16. The standard InChI is InChI=1S/C17H13F5N4O2/c1-25-7-8(11-6-12(17(20,21)22)26(2)24-11)13(16(25)28)15(27)23-10-5-3-4-9(18)14(10)19/h3-6H,7H2,1-2H3,(H,23,27). The minimum absolute atomic E-state index is 0.0482. The molecule has 11 heteroatoms. The molecule has 2 heterocycles. The number of alkyl halides is 3. The first kappa shape index (κ1) is 19.5. The number of rotatable bonds is 3. The van der Waals surface area contributed by atoms with Crippen molar-refractivity contribution in [3.8, 4) is 0 Å². The van der Waals surface area contributed by atoms with Gasteiger partial charge in [-0.3, -0.25) is 14.3 Å². The van der Waals surface area contributed by atoms with Crippen LogP contribution in [0, 0.1) is 11.6 Å². The molecule has 28 heavy (non-hydrogen) atoms. The lowest BCUT2D eigenvalue weighted by molar-refractivity contribution is -0.143. The number of carbonyl (C=O) groups is 2. The van der Waals surface area contributed by atoms with Crippen LogP contribution in [0.2, 0.25) is 0 Å². The Kier molecular flexibility index (Phi) is 4.69. The molecule has 0 atom stereocenters. The summed E-state index contributed by atoms with van der Waals surface area (Å²) in [5.41, 5.74) is -2.31. The van der Waals surface area contributed by atoms with Crippen LogP contribution in [0.1, 0.15) is 11.4 Å². The molecule has 1 aliphatic heterocycles. The Labute approximate surface area is 155 Å².